The first-order valence-corrected chi connectivity index (χ1v) is 17.1. The molecule has 1 amide bonds. The van der Waals surface area contributed by atoms with Gasteiger partial charge in [-0.1, -0.05) is 25.1 Å². The lowest BCUT2D eigenvalue weighted by molar-refractivity contribution is -1.02. The zero-order valence-corrected chi connectivity index (χ0v) is 26.9. The fourth-order valence-corrected chi connectivity index (χ4v) is 9.65. The number of benzene rings is 2. The highest BCUT2D eigenvalue weighted by Crippen LogP contribution is 2.50. The second-order valence-electron chi connectivity index (χ2n) is 13.8. The predicted molar refractivity (Wildman–Crippen MR) is 167 cm³/mol. The zero-order valence-electron chi connectivity index (χ0n) is 26.1. The lowest BCUT2D eigenvalue weighted by Crippen LogP contribution is -2.64. The van der Waals surface area contributed by atoms with Gasteiger partial charge in [0.2, 0.25) is 5.91 Å². The number of anilines is 1. The monoisotopic (exact) mass is 627 g/mol. The van der Waals surface area contributed by atoms with Gasteiger partial charge in [0.05, 0.1) is 62.4 Å². The minimum atomic E-state index is -3.96. The van der Waals surface area contributed by atoms with Gasteiger partial charge in [0.1, 0.15) is 31.9 Å². The summed E-state index contributed by atoms with van der Waals surface area (Å²) in [4.78, 5) is 26.7. The molecule has 0 saturated carbocycles. The van der Waals surface area contributed by atoms with Gasteiger partial charge in [-0.25, -0.2) is 13.2 Å². The Hall–Kier alpha value is -3.03. The first-order valence-electron chi connectivity index (χ1n) is 15.6. The topological polar surface area (TPSA) is 141 Å². The van der Waals surface area contributed by atoms with Crippen LogP contribution in [0.5, 0.6) is 0 Å². The molecule has 6 rings (SSSR count). The van der Waals surface area contributed by atoms with Crippen LogP contribution in [0.1, 0.15) is 25.8 Å². The van der Waals surface area contributed by atoms with Crippen molar-refractivity contribution in [2.24, 2.45) is 17.6 Å². The van der Waals surface area contributed by atoms with E-state index in [9.17, 15) is 28.2 Å². The van der Waals surface area contributed by atoms with Crippen molar-refractivity contribution >= 4 is 38.4 Å². The lowest BCUT2D eigenvalue weighted by Gasteiger charge is -2.46. The lowest BCUT2D eigenvalue weighted by atomic mass is 9.78. The quantitative estimate of drug-likeness (QED) is 0.267. The number of hydrogen-bond donors (Lipinski definition) is 3. The molecule has 0 unspecified atom stereocenters. The predicted octanol–water partition coefficient (Wildman–Crippen LogP) is 1.34. The standard InChI is InChI=1S/C32H44N5O6S/c1-20-24(30(32(40)41)35-29(20)27(21(2)38)31(35)39)19-34-25-8-5-7-23-22(9-10-26(28(23)25)44(34,42)43)11-14-37(4)17-15-36(3,16-18-37)13-6-12-33/h5,7-10,20-21,27,29,38H,6,11-19,33H2,1-4H3/q+1/p+1/t20-,21+,27+,29+,36?,37?/m0/s1. The van der Waals surface area contributed by atoms with E-state index in [0.29, 0.717) is 16.6 Å². The number of sulfonamides is 1. The number of nitrogens with two attached hydrogens (primary N) is 1. The smallest absolute Gasteiger partial charge is 0.352 e. The number of nitrogens with zero attached hydrogens (tertiary/aromatic N) is 4. The Labute approximate surface area is 259 Å². The number of hydrogen-bond acceptors (Lipinski definition) is 6. The van der Waals surface area contributed by atoms with Gasteiger partial charge in [0.15, 0.2) is 0 Å². The van der Waals surface area contributed by atoms with Crippen molar-refractivity contribution in [3.8, 4) is 0 Å². The molecule has 0 spiro atoms. The van der Waals surface area contributed by atoms with Crippen LogP contribution in [0.15, 0.2) is 46.5 Å². The van der Waals surface area contributed by atoms with Crippen molar-refractivity contribution in [1.82, 2.24) is 4.90 Å². The molecule has 44 heavy (non-hydrogen) atoms. The van der Waals surface area contributed by atoms with E-state index in [2.05, 4.69) is 14.1 Å². The molecule has 0 aliphatic carbocycles. The number of aliphatic carboxylic acids is 1. The van der Waals surface area contributed by atoms with Gasteiger partial charge in [-0.15, -0.1) is 0 Å². The Bertz CT molecular complexity index is 1660. The molecule has 4 atom stereocenters. The number of carboxylic acids is 1. The molecule has 11 nitrogen and oxygen atoms in total. The van der Waals surface area contributed by atoms with E-state index < -0.39 is 45.9 Å². The fraction of sp³-hybridized carbons (Fsp3) is 0.562. The molecule has 0 radical (unpaired) electrons. The van der Waals surface area contributed by atoms with Crippen LogP contribution in [-0.4, -0.2) is 123 Å². The van der Waals surface area contributed by atoms with Crippen molar-refractivity contribution in [2.75, 3.05) is 70.8 Å². The van der Waals surface area contributed by atoms with E-state index >= 15 is 0 Å². The number of carboxylic acid groups (broad SMARTS) is 1. The molecule has 4 heterocycles. The van der Waals surface area contributed by atoms with Crippen molar-refractivity contribution in [3.05, 3.63) is 47.2 Å². The Balaban J connectivity index is 1.28. The summed E-state index contributed by atoms with van der Waals surface area (Å²) in [5, 5.41) is 21.9. The van der Waals surface area contributed by atoms with Gasteiger partial charge < -0.3 is 29.8 Å². The number of carbonyl (C=O) groups is 2. The Morgan fingerprint density at radius 3 is 2.36 bits per heavy atom. The number of likely N-dealkylation sites (N-methyl/N-ethyl adjacent to an activating group) is 2. The number of rotatable bonds is 10. The van der Waals surface area contributed by atoms with Crippen LogP contribution in [-0.2, 0) is 26.0 Å². The molecule has 2 saturated heterocycles. The molecule has 0 aromatic heterocycles. The van der Waals surface area contributed by atoms with Gasteiger partial charge >= 0.3 is 5.97 Å². The summed E-state index contributed by atoms with van der Waals surface area (Å²) in [6, 6.07) is 8.73. The summed E-state index contributed by atoms with van der Waals surface area (Å²) in [5.41, 5.74) is 7.61. The summed E-state index contributed by atoms with van der Waals surface area (Å²) in [6.45, 7) is 10.3. The Morgan fingerprint density at radius 1 is 1.09 bits per heavy atom. The average Bonchev–Trinajstić information content (AvgIpc) is 3.35. The summed E-state index contributed by atoms with van der Waals surface area (Å²) in [7, 11) is 0.669. The van der Waals surface area contributed by atoms with Crippen LogP contribution in [0.2, 0.25) is 0 Å². The van der Waals surface area contributed by atoms with Crippen LogP contribution in [0.4, 0.5) is 5.69 Å². The summed E-state index contributed by atoms with van der Waals surface area (Å²) in [5.74, 6) is -2.84. The molecule has 0 bridgehead atoms. The highest BCUT2D eigenvalue weighted by molar-refractivity contribution is 7.93. The van der Waals surface area contributed by atoms with Crippen molar-refractivity contribution < 1.29 is 37.2 Å². The van der Waals surface area contributed by atoms with Crippen molar-refractivity contribution in [2.45, 2.75) is 43.7 Å². The highest BCUT2D eigenvalue weighted by Gasteiger charge is 2.60. The molecule has 2 fully saturated rings. The van der Waals surface area contributed by atoms with Gasteiger partial charge in [-0.3, -0.25) is 9.10 Å². The van der Waals surface area contributed by atoms with E-state index in [0.717, 1.165) is 78.6 Å². The zero-order chi connectivity index (χ0) is 31.8. The van der Waals surface area contributed by atoms with Gasteiger partial charge in [0.25, 0.3) is 10.0 Å². The van der Waals surface area contributed by atoms with Crippen LogP contribution in [0.25, 0.3) is 10.8 Å². The first-order chi connectivity index (χ1) is 20.7. The molecular weight excluding hydrogens is 582 g/mol. The number of aliphatic hydroxyl groups excluding tert-OH is 1. The number of carbonyl (C=O) groups excluding carboxylic acids is 1. The normalized spacial score (nSPS) is 31.4. The van der Waals surface area contributed by atoms with Crippen molar-refractivity contribution in [1.29, 1.82) is 0 Å². The maximum absolute atomic E-state index is 14.0. The summed E-state index contributed by atoms with van der Waals surface area (Å²) >= 11 is 0. The third-order valence-electron chi connectivity index (χ3n) is 10.9. The molecule has 4 N–H and O–H groups in total. The van der Waals surface area contributed by atoms with Gasteiger partial charge in [0, 0.05) is 24.1 Å². The Morgan fingerprint density at radius 2 is 1.75 bits per heavy atom. The molecule has 2 aromatic rings. The van der Waals surface area contributed by atoms with E-state index in [-0.39, 0.29) is 17.1 Å². The van der Waals surface area contributed by atoms with Gasteiger partial charge in [-0.2, -0.15) is 0 Å². The van der Waals surface area contributed by atoms with E-state index in [1.54, 1.807) is 12.1 Å². The summed E-state index contributed by atoms with van der Waals surface area (Å²) in [6.07, 6.45) is 0.920. The molecule has 4 aliphatic rings. The van der Waals surface area contributed by atoms with E-state index in [1.807, 2.05) is 25.1 Å². The minimum absolute atomic E-state index is 0.167. The Kier molecular flexibility index (Phi) is 7.60. The highest BCUT2D eigenvalue weighted by atomic mass is 32.2. The number of quaternary nitrogens is 2. The SMILES string of the molecule is C[C@@H](O)[C@H]1C(=O)N2C(C(=O)O)=C(CN3c4cccc5c(CC[N+]6(C)CC[N+](C)(CCCN)CC6)ccc(c45)S3(=O)=O)[C@H](C)[C@H]12. The molecule has 4 aliphatic heterocycles. The van der Waals surface area contributed by atoms with E-state index in [1.165, 1.54) is 16.1 Å². The minimum Gasteiger partial charge on any atom is -0.477 e. The van der Waals surface area contributed by atoms with Crippen LogP contribution < -0.4 is 10.0 Å². The first kappa shape index (κ1) is 31.0. The van der Waals surface area contributed by atoms with E-state index in [4.69, 9.17) is 5.73 Å². The molecule has 238 valence electrons. The average molecular weight is 628 g/mol. The molecule has 12 heteroatoms. The summed E-state index contributed by atoms with van der Waals surface area (Å²) < 4.78 is 31.3. The second-order valence-corrected chi connectivity index (χ2v) is 15.7. The second kappa shape index (κ2) is 10.8. The third kappa shape index (κ3) is 4.73. The number of aliphatic hydroxyl groups is 1. The maximum Gasteiger partial charge on any atom is 0.352 e. The van der Waals surface area contributed by atoms with Crippen LogP contribution in [0, 0.1) is 11.8 Å². The molecule has 2 aromatic carbocycles. The van der Waals surface area contributed by atoms with Gasteiger partial charge in [-0.05, 0) is 42.1 Å². The fourth-order valence-electron chi connectivity index (χ4n) is 7.98. The number of fused-ring (bicyclic) bond motifs is 1. The van der Waals surface area contributed by atoms with Crippen molar-refractivity contribution in [3.63, 3.8) is 0 Å². The maximum atomic E-state index is 14.0. The largest absolute Gasteiger partial charge is 0.477 e. The van der Waals surface area contributed by atoms with Crippen LogP contribution >= 0.6 is 0 Å². The van der Waals surface area contributed by atoms with Crippen LogP contribution in [0.3, 0.4) is 0 Å². The number of piperazine rings is 1. The number of β-lactam (4-membered cyclic amide) rings is 1. The number of amides is 1. The third-order valence-corrected chi connectivity index (χ3v) is 12.7. The molecular formula is C32H45N5O6S+2.